The molecule has 0 unspecified atom stereocenters. The van der Waals surface area contributed by atoms with Gasteiger partial charge in [-0.1, -0.05) is 19.1 Å². The molecule has 0 aliphatic carbocycles. The van der Waals surface area contributed by atoms with Crippen molar-refractivity contribution in [2.45, 2.75) is 20.4 Å². The Hall–Kier alpha value is -1.39. The number of ether oxygens (including phenoxy) is 1. The van der Waals surface area contributed by atoms with Crippen LogP contribution in [0.3, 0.4) is 0 Å². The van der Waals surface area contributed by atoms with Gasteiger partial charge in [-0.15, -0.1) is 0 Å². The minimum absolute atomic E-state index is 0.648. The third kappa shape index (κ3) is 4.04. The molecule has 0 saturated heterocycles. The van der Waals surface area contributed by atoms with Crippen LogP contribution in [0.15, 0.2) is 41.0 Å². The Balaban J connectivity index is 2.23. The molecule has 0 radical (unpaired) electrons. The van der Waals surface area contributed by atoms with Gasteiger partial charge in [-0.05, 0) is 53.2 Å². The van der Waals surface area contributed by atoms with Crippen molar-refractivity contribution in [1.29, 1.82) is 0 Å². The molecule has 1 heterocycles. The highest BCUT2D eigenvalue weighted by atomic mass is 79.9. The molecule has 4 heteroatoms. The molecule has 0 amide bonds. The van der Waals surface area contributed by atoms with Crippen LogP contribution in [0.1, 0.15) is 18.1 Å². The summed E-state index contributed by atoms with van der Waals surface area (Å²) in [6, 6.07) is 9.99. The average molecular weight is 321 g/mol. The summed E-state index contributed by atoms with van der Waals surface area (Å²) in [5, 5.41) is 3.29. The summed E-state index contributed by atoms with van der Waals surface area (Å²) in [5.74, 6) is 1.46. The molecule has 1 aromatic heterocycles. The molecular formula is C15H17BrN2O. The van der Waals surface area contributed by atoms with Crippen molar-refractivity contribution >= 4 is 15.9 Å². The Morgan fingerprint density at radius 1 is 1.32 bits per heavy atom. The minimum Gasteiger partial charge on any atom is -0.439 e. The van der Waals surface area contributed by atoms with Crippen molar-refractivity contribution in [1.82, 2.24) is 10.3 Å². The summed E-state index contributed by atoms with van der Waals surface area (Å²) in [6.07, 6.45) is 1.75. The Morgan fingerprint density at radius 2 is 2.16 bits per heavy atom. The highest BCUT2D eigenvalue weighted by molar-refractivity contribution is 9.10. The van der Waals surface area contributed by atoms with Gasteiger partial charge in [0.2, 0.25) is 5.88 Å². The summed E-state index contributed by atoms with van der Waals surface area (Å²) in [7, 11) is 0. The third-order valence-electron chi connectivity index (χ3n) is 2.66. The molecule has 1 N–H and O–H groups in total. The third-order valence-corrected chi connectivity index (χ3v) is 3.10. The zero-order valence-corrected chi connectivity index (χ0v) is 12.7. The minimum atomic E-state index is 0.648. The number of nitrogens with one attached hydrogen (secondary N) is 1. The van der Waals surface area contributed by atoms with Crippen LogP contribution in [0.4, 0.5) is 0 Å². The molecule has 2 rings (SSSR count). The second kappa shape index (κ2) is 6.68. The van der Waals surface area contributed by atoms with Crippen molar-refractivity contribution in [2.75, 3.05) is 6.54 Å². The Morgan fingerprint density at radius 3 is 2.89 bits per heavy atom. The lowest BCUT2D eigenvalue weighted by Gasteiger charge is -2.11. The fourth-order valence-electron chi connectivity index (χ4n) is 1.74. The van der Waals surface area contributed by atoms with Gasteiger partial charge in [-0.2, -0.15) is 0 Å². The first-order valence-corrected chi connectivity index (χ1v) is 7.08. The molecule has 0 atom stereocenters. The first-order valence-electron chi connectivity index (χ1n) is 6.28. The lowest BCUT2D eigenvalue weighted by Crippen LogP contribution is -2.12. The van der Waals surface area contributed by atoms with Crippen LogP contribution in [0.5, 0.6) is 11.6 Å². The van der Waals surface area contributed by atoms with Gasteiger partial charge >= 0.3 is 0 Å². The molecular weight excluding hydrogens is 304 g/mol. The van der Waals surface area contributed by atoms with E-state index in [0.29, 0.717) is 5.88 Å². The van der Waals surface area contributed by atoms with Crippen molar-refractivity contribution in [3.63, 3.8) is 0 Å². The summed E-state index contributed by atoms with van der Waals surface area (Å²) < 4.78 is 6.83. The van der Waals surface area contributed by atoms with Crippen molar-refractivity contribution in [2.24, 2.45) is 0 Å². The van der Waals surface area contributed by atoms with Crippen LogP contribution < -0.4 is 10.1 Å². The molecule has 0 spiro atoms. The molecule has 0 aliphatic rings. The Bertz CT molecular complexity index is 558. The molecule has 19 heavy (non-hydrogen) atoms. The number of halogens is 1. The van der Waals surface area contributed by atoms with Crippen LogP contribution in [0.25, 0.3) is 0 Å². The number of nitrogens with zero attached hydrogens (tertiary/aromatic N) is 1. The van der Waals surface area contributed by atoms with E-state index in [0.717, 1.165) is 28.9 Å². The van der Waals surface area contributed by atoms with E-state index >= 15 is 0 Å². The quantitative estimate of drug-likeness (QED) is 0.902. The summed E-state index contributed by atoms with van der Waals surface area (Å²) in [5.41, 5.74) is 2.21. The van der Waals surface area contributed by atoms with E-state index in [2.05, 4.69) is 33.2 Å². The predicted molar refractivity (Wildman–Crippen MR) is 80.6 cm³/mol. The van der Waals surface area contributed by atoms with Gasteiger partial charge in [0, 0.05) is 22.8 Å². The van der Waals surface area contributed by atoms with E-state index in [-0.39, 0.29) is 0 Å². The number of pyridine rings is 1. The van der Waals surface area contributed by atoms with Crippen LogP contribution in [0.2, 0.25) is 0 Å². The molecule has 1 aromatic carbocycles. The first-order chi connectivity index (χ1) is 9.19. The van der Waals surface area contributed by atoms with Gasteiger partial charge in [0.1, 0.15) is 5.75 Å². The second-order valence-corrected chi connectivity index (χ2v) is 5.23. The van der Waals surface area contributed by atoms with Gasteiger partial charge in [0.25, 0.3) is 0 Å². The molecule has 100 valence electrons. The number of aryl methyl sites for hydroxylation is 1. The molecule has 3 nitrogen and oxygen atoms in total. The number of hydrogen-bond donors (Lipinski definition) is 1. The number of rotatable bonds is 5. The molecule has 0 saturated carbocycles. The number of aromatic nitrogens is 1. The van der Waals surface area contributed by atoms with Gasteiger partial charge in [0.05, 0.1) is 0 Å². The fourth-order valence-corrected chi connectivity index (χ4v) is 2.12. The zero-order valence-electron chi connectivity index (χ0n) is 11.1. The SMILES string of the molecule is CCNCc1cc(Br)cnc1Oc1cccc(C)c1. The van der Waals surface area contributed by atoms with Crippen LogP contribution >= 0.6 is 15.9 Å². The molecule has 2 aromatic rings. The molecule has 0 bridgehead atoms. The van der Waals surface area contributed by atoms with Crippen LogP contribution in [-0.2, 0) is 6.54 Å². The van der Waals surface area contributed by atoms with E-state index in [4.69, 9.17) is 4.74 Å². The van der Waals surface area contributed by atoms with Crippen LogP contribution in [-0.4, -0.2) is 11.5 Å². The Labute approximate surface area is 122 Å². The van der Waals surface area contributed by atoms with E-state index in [9.17, 15) is 0 Å². The van der Waals surface area contributed by atoms with E-state index in [1.807, 2.05) is 37.3 Å². The van der Waals surface area contributed by atoms with Crippen molar-refractivity contribution < 1.29 is 4.74 Å². The van der Waals surface area contributed by atoms with E-state index in [1.54, 1.807) is 6.20 Å². The summed E-state index contributed by atoms with van der Waals surface area (Å²) >= 11 is 3.44. The summed E-state index contributed by atoms with van der Waals surface area (Å²) in [6.45, 7) is 5.77. The van der Waals surface area contributed by atoms with Gasteiger partial charge < -0.3 is 10.1 Å². The Kier molecular flexibility index (Phi) is 4.93. The van der Waals surface area contributed by atoms with Gasteiger partial charge in [-0.25, -0.2) is 4.98 Å². The molecule has 0 fully saturated rings. The normalized spacial score (nSPS) is 10.5. The lowest BCUT2D eigenvalue weighted by molar-refractivity contribution is 0.453. The number of hydrogen-bond acceptors (Lipinski definition) is 3. The fraction of sp³-hybridized carbons (Fsp3) is 0.267. The van der Waals surface area contributed by atoms with Gasteiger partial charge in [-0.3, -0.25) is 0 Å². The van der Waals surface area contributed by atoms with Crippen molar-refractivity contribution in [3.05, 3.63) is 52.1 Å². The summed E-state index contributed by atoms with van der Waals surface area (Å²) in [4.78, 5) is 4.35. The highest BCUT2D eigenvalue weighted by Crippen LogP contribution is 2.25. The molecule has 0 aliphatic heterocycles. The van der Waals surface area contributed by atoms with E-state index in [1.165, 1.54) is 5.56 Å². The maximum Gasteiger partial charge on any atom is 0.223 e. The monoisotopic (exact) mass is 320 g/mol. The average Bonchev–Trinajstić information content (AvgIpc) is 2.39. The predicted octanol–water partition coefficient (Wildman–Crippen LogP) is 4.05. The van der Waals surface area contributed by atoms with Crippen molar-refractivity contribution in [3.8, 4) is 11.6 Å². The largest absolute Gasteiger partial charge is 0.439 e. The smallest absolute Gasteiger partial charge is 0.223 e. The standard InChI is InChI=1S/C15H17BrN2O/c1-3-17-9-12-8-13(16)10-18-15(12)19-14-6-4-5-11(2)7-14/h4-8,10,17H,3,9H2,1-2H3. The van der Waals surface area contributed by atoms with E-state index < -0.39 is 0 Å². The number of benzene rings is 1. The zero-order chi connectivity index (χ0) is 13.7. The maximum absolute atomic E-state index is 5.87. The van der Waals surface area contributed by atoms with Crippen LogP contribution in [0, 0.1) is 6.92 Å². The topological polar surface area (TPSA) is 34.2 Å². The van der Waals surface area contributed by atoms with Gasteiger partial charge in [0.15, 0.2) is 0 Å². The first kappa shape index (κ1) is 14.0. The highest BCUT2D eigenvalue weighted by Gasteiger charge is 2.07. The lowest BCUT2D eigenvalue weighted by atomic mass is 10.2. The second-order valence-electron chi connectivity index (χ2n) is 4.32. The maximum atomic E-state index is 5.87.